The fraction of sp³-hybridized carbons (Fsp3) is 0.571. The second-order valence-corrected chi connectivity index (χ2v) is 8.20. The van der Waals surface area contributed by atoms with Gasteiger partial charge < -0.3 is 19.9 Å². The van der Waals surface area contributed by atoms with Crippen molar-refractivity contribution in [3.63, 3.8) is 0 Å². The summed E-state index contributed by atoms with van der Waals surface area (Å²) in [4.78, 5) is 11.3. The van der Waals surface area contributed by atoms with Crippen LogP contribution >= 0.6 is 35.6 Å². The normalized spacial score (nSPS) is 16.1. The maximum absolute atomic E-state index is 6.04. The summed E-state index contributed by atoms with van der Waals surface area (Å²) in [5, 5.41) is 11.4. The van der Waals surface area contributed by atoms with E-state index in [1.807, 2.05) is 24.3 Å². The maximum atomic E-state index is 6.04. The van der Waals surface area contributed by atoms with Crippen molar-refractivity contribution in [2.75, 3.05) is 39.9 Å². The Labute approximate surface area is 206 Å². The van der Waals surface area contributed by atoms with Crippen molar-refractivity contribution < 1.29 is 9.26 Å². The van der Waals surface area contributed by atoms with Crippen molar-refractivity contribution in [3.8, 4) is 11.4 Å². The molecule has 0 bridgehead atoms. The third-order valence-corrected chi connectivity index (χ3v) is 5.23. The van der Waals surface area contributed by atoms with Gasteiger partial charge in [-0.25, -0.2) is 0 Å². The molecule has 0 radical (unpaired) electrons. The Morgan fingerprint density at radius 2 is 2.03 bits per heavy atom. The van der Waals surface area contributed by atoms with Crippen LogP contribution in [0.1, 0.15) is 26.2 Å². The molecule has 0 saturated carbocycles. The lowest BCUT2D eigenvalue weighted by molar-refractivity contribution is 0.0132. The topological polar surface area (TPSA) is 87.8 Å². The van der Waals surface area contributed by atoms with Crippen molar-refractivity contribution in [3.05, 3.63) is 35.2 Å². The minimum Gasteiger partial charge on any atom is -0.379 e. The summed E-state index contributed by atoms with van der Waals surface area (Å²) in [6, 6.07) is 7.82. The van der Waals surface area contributed by atoms with Gasteiger partial charge in [0.25, 0.3) is 0 Å². The highest BCUT2D eigenvalue weighted by Crippen LogP contribution is 2.19. The summed E-state index contributed by atoms with van der Waals surface area (Å²) >= 11 is 6.04. The zero-order valence-corrected chi connectivity index (χ0v) is 21.4. The summed E-state index contributed by atoms with van der Waals surface area (Å²) < 4.78 is 10.9. The zero-order valence-electron chi connectivity index (χ0n) is 18.3. The van der Waals surface area contributed by atoms with Gasteiger partial charge in [-0.2, -0.15) is 4.98 Å². The number of ether oxygens (including phenoxy) is 1. The van der Waals surface area contributed by atoms with Crippen molar-refractivity contribution >= 4 is 41.5 Å². The van der Waals surface area contributed by atoms with E-state index in [0.29, 0.717) is 41.2 Å². The first-order valence-corrected chi connectivity index (χ1v) is 10.8. The van der Waals surface area contributed by atoms with Crippen molar-refractivity contribution in [2.24, 2.45) is 10.9 Å². The zero-order chi connectivity index (χ0) is 21.3. The molecule has 1 aromatic heterocycles. The quantitative estimate of drug-likeness (QED) is 0.290. The number of rotatable bonds is 8. The van der Waals surface area contributed by atoms with Gasteiger partial charge in [-0.1, -0.05) is 42.7 Å². The number of aliphatic imine (C=N–C) groups is 1. The van der Waals surface area contributed by atoms with Crippen LogP contribution in [-0.2, 0) is 11.3 Å². The Kier molecular flexibility index (Phi) is 11.0. The molecule has 2 N–H and O–H groups in total. The molecule has 8 nitrogen and oxygen atoms in total. The van der Waals surface area contributed by atoms with E-state index < -0.39 is 0 Å². The number of guanidine groups is 1. The summed E-state index contributed by atoms with van der Waals surface area (Å²) in [6.45, 7) is 9.26. The first kappa shape index (κ1) is 25.8. The van der Waals surface area contributed by atoms with Crippen LogP contribution in [0, 0.1) is 5.92 Å². The van der Waals surface area contributed by atoms with Crippen molar-refractivity contribution in [2.45, 2.75) is 32.9 Å². The molecule has 0 spiro atoms. The first-order chi connectivity index (χ1) is 14.5. The molecule has 2 aromatic rings. The number of hydrogen-bond acceptors (Lipinski definition) is 6. The van der Waals surface area contributed by atoms with Gasteiger partial charge in [0.2, 0.25) is 11.7 Å². The van der Waals surface area contributed by atoms with E-state index in [9.17, 15) is 0 Å². The standard InChI is InChI=1S/C21H31ClN6O2.HI/c1-15(2)11-18(28-7-9-29-10-8-28)13-24-21(23-3)25-14-19-26-20(27-30-19)16-5-4-6-17(22)12-16;/h4-6,12,15,18H,7-11,13-14H2,1-3H3,(H2,23,24,25);1H. The van der Waals surface area contributed by atoms with Gasteiger partial charge in [0, 0.05) is 43.3 Å². The van der Waals surface area contributed by atoms with E-state index in [1.54, 1.807) is 7.05 Å². The average Bonchev–Trinajstić information content (AvgIpc) is 3.22. The van der Waals surface area contributed by atoms with Crippen LogP contribution in [-0.4, -0.2) is 66.9 Å². The van der Waals surface area contributed by atoms with Gasteiger partial charge in [0.1, 0.15) is 0 Å². The SMILES string of the molecule is CN=C(NCc1nc(-c2cccc(Cl)c2)no1)NCC(CC(C)C)N1CCOCC1.I. The molecule has 10 heteroatoms. The number of benzene rings is 1. The summed E-state index contributed by atoms with van der Waals surface area (Å²) in [5.41, 5.74) is 0.821. The summed E-state index contributed by atoms with van der Waals surface area (Å²) in [5.74, 6) is 2.33. The van der Waals surface area contributed by atoms with Gasteiger partial charge in [-0.3, -0.25) is 9.89 Å². The van der Waals surface area contributed by atoms with E-state index in [4.69, 9.17) is 20.9 Å². The van der Waals surface area contributed by atoms with Crippen LogP contribution < -0.4 is 10.6 Å². The third-order valence-electron chi connectivity index (χ3n) is 4.99. The number of nitrogens with one attached hydrogen (secondary N) is 2. The minimum atomic E-state index is 0. The van der Waals surface area contributed by atoms with E-state index in [1.165, 1.54) is 0 Å². The largest absolute Gasteiger partial charge is 0.379 e. The summed E-state index contributed by atoms with van der Waals surface area (Å²) in [6.07, 6.45) is 1.12. The lowest BCUT2D eigenvalue weighted by Crippen LogP contribution is -2.51. The Morgan fingerprint density at radius 1 is 1.26 bits per heavy atom. The van der Waals surface area contributed by atoms with E-state index >= 15 is 0 Å². The predicted molar refractivity (Wildman–Crippen MR) is 134 cm³/mol. The molecule has 3 rings (SSSR count). The van der Waals surface area contributed by atoms with Gasteiger partial charge in [-0.05, 0) is 24.5 Å². The minimum absolute atomic E-state index is 0. The first-order valence-electron chi connectivity index (χ1n) is 10.4. The highest BCUT2D eigenvalue weighted by molar-refractivity contribution is 14.0. The monoisotopic (exact) mass is 562 g/mol. The molecule has 0 aliphatic carbocycles. The number of aromatic nitrogens is 2. The molecular weight excluding hydrogens is 531 g/mol. The lowest BCUT2D eigenvalue weighted by atomic mass is 10.0. The van der Waals surface area contributed by atoms with E-state index in [-0.39, 0.29) is 24.0 Å². The van der Waals surface area contributed by atoms with Crippen LogP contribution in [0.5, 0.6) is 0 Å². The van der Waals surface area contributed by atoms with Crippen molar-refractivity contribution in [1.82, 2.24) is 25.7 Å². The third kappa shape index (κ3) is 8.21. The highest BCUT2D eigenvalue weighted by Gasteiger charge is 2.22. The van der Waals surface area contributed by atoms with Crippen LogP contribution in [0.25, 0.3) is 11.4 Å². The van der Waals surface area contributed by atoms with Crippen LogP contribution in [0.4, 0.5) is 0 Å². The fourth-order valence-corrected chi connectivity index (χ4v) is 3.70. The summed E-state index contributed by atoms with van der Waals surface area (Å²) in [7, 11) is 1.76. The average molecular weight is 563 g/mol. The maximum Gasteiger partial charge on any atom is 0.246 e. The number of morpholine rings is 1. The fourth-order valence-electron chi connectivity index (χ4n) is 3.51. The molecule has 1 aliphatic rings. The molecule has 31 heavy (non-hydrogen) atoms. The van der Waals surface area contributed by atoms with Gasteiger partial charge >= 0.3 is 0 Å². The van der Waals surface area contributed by atoms with Crippen LogP contribution in [0.15, 0.2) is 33.8 Å². The second kappa shape index (κ2) is 13.2. The lowest BCUT2D eigenvalue weighted by Gasteiger charge is -2.35. The molecular formula is C21H32ClIN6O2. The molecule has 2 heterocycles. The van der Waals surface area contributed by atoms with Gasteiger partial charge in [0.05, 0.1) is 19.8 Å². The molecule has 1 aromatic carbocycles. The molecule has 1 unspecified atom stereocenters. The van der Waals surface area contributed by atoms with Crippen LogP contribution in [0.2, 0.25) is 5.02 Å². The van der Waals surface area contributed by atoms with Crippen LogP contribution in [0.3, 0.4) is 0 Å². The Balaban J connectivity index is 0.00000341. The smallest absolute Gasteiger partial charge is 0.246 e. The molecule has 0 amide bonds. The number of halogens is 2. The Bertz CT molecular complexity index is 826. The molecule has 1 saturated heterocycles. The molecule has 1 atom stereocenters. The van der Waals surface area contributed by atoms with E-state index in [0.717, 1.165) is 44.8 Å². The highest BCUT2D eigenvalue weighted by atomic mass is 127. The number of nitrogens with zero attached hydrogens (tertiary/aromatic N) is 4. The predicted octanol–water partition coefficient (Wildman–Crippen LogP) is 3.42. The second-order valence-electron chi connectivity index (χ2n) is 7.76. The van der Waals surface area contributed by atoms with Crippen molar-refractivity contribution in [1.29, 1.82) is 0 Å². The molecule has 172 valence electrons. The Morgan fingerprint density at radius 3 is 2.71 bits per heavy atom. The molecule has 1 fully saturated rings. The van der Waals surface area contributed by atoms with Gasteiger partial charge in [0.15, 0.2) is 5.96 Å². The Hall–Kier alpha value is -1.43. The van der Waals surface area contributed by atoms with Gasteiger partial charge in [-0.15, -0.1) is 24.0 Å². The number of hydrogen-bond donors (Lipinski definition) is 2. The molecule has 1 aliphatic heterocycles. The van der Waals surface area contributed by atoms with E-state index in [2.05, 4.69) is 44.5 Å².